The maximum Gasteiger partial charge on any atom is 0.373 e. The average molecular weight is 2100 g/mol. The summed E-state index contributed by atoms with van der Waals surface area (Å²) in [6.45, 7) is 62.0. The second kappa shape index (κ2) is 121. The summed E-state index contributed by atoms with van der Waals surface area (Å²) in [6, 6.07) is 10.5. The average Bonchev–Trinajstić information content (AvgIpc) is 0.826. The first-order valence-electron chi connectivity index (χ1n) is 40.9. The van der Waals surface area contributed by atoms with Gasteiger partial charge in [0.25, 0.3) is 0 Å². The van der Waals surface area contributed by atoms with Crippen LogP contribution in [0.3, 0.4) is 0 Å². The quantitative estimate of drug-likeness (QED) is 0.0324. The van der Waals surface area contributed by atoms with Crippen molar-refractivity contribution in [3.8, 4) is 0 Å². The number of hydrogen-bond donors (Lipinski definition) is 4. The summed E-state index contributed by atoms with van der Waals surface area (Å²) in [5.74, 6) is -1.26. The molecule has 826 valence electrons. The highest BCUT2D eigenvalue weighted by atomic mass is 28.5. The molecule has 0 aromatic heterocycles. The predicted octanol–water partition coefficient (Wildman–Crippen LogP) is 31.1. The molecule has 26 nitrogen and oxygen atoms in total. The van der Waals surface area contributed by atoms with Gasteiger partial charge >= 0.3 is 81.8 Å². The van der Waals surface area contributed by atoms with Gasteiger partial charge in [0.2, 0.25) is 0 Å². The van der Waals surface area contributed by atoms with Crippen LogP contribution in [0.2, 0.25) is 172 Å². The Morgan fingerprint density at radius 2 is 0.496 bits per heavy atom. The molecule has 0 saturated heterocycles. The predicted molar refractivity (Wildman–Crippen MR) is 608 cm³/mol. The normalized spacial score (nSPS) is 13.2. The van der Waals surface area contributed by atoms with E-state index in [0.717, 1.165) is 113 Å². The lowest BCUT2D eigenvalue weighted by Crippen LogP contribution is -2.55. The zero-order chi connectivity index (χ0) is 88.2. The molecule has 0 aromatic rings. The lowest BCUT2D eigenvalue weighted by Gasteiger charge is -2.40. The van der Waals surface area contributed by atoms with Crippen LogP contribution < -0.4 is 11.5 Å². The highest BCUT2D eigenvalue weighted by molar-refractivity contribution is 6.87. The van der Waals surface area contributed by atoms with Crippen molar-refractivity contribution in [2.24, 2.45) is 29.2 Å². The van der Waals surface area contributed by atoms with Crippen molar-refractivity contribution in [1.82, 2.24) is 0 Å². The molecular weight excluding hydrogens is 1850 g/mol. The van der Waals surface area contributed by atoms with Crippen LogP contribution in [0.5, 0.6) is 0 Å². The number of hydrogen-bond acceptors (Lipinski definition) is 24. The molecule has 0 aliphatic heterocycles. The second-order valence-corrected chi connectivity index (χ2v) is 76.8. The number of carbonyl (C=O) groups excluding carboxylic acids is 6. The SMILES string of the molecule is C.C.C.C.C.C.C.C.C.C.C.C.C.C.C.C.C.C.C.C.CCCC(C)CCC[Si](C)(C)O[Si](C)(CCCN)OC.CCCC[Si](C)(OC)O[Si](C)(C)CCC.CCCOCCOCCOCCC[Si](C)(O[Si](C)(C)C)O[Si](C)(CCCC(C)C(=O)O)OC.CCC[Si](C)(C)O[Si](C)(CCCC(C)C(=O)O)OC.CCC[Si](C)(C)O[Si](C)(CCCN)OC.O=C=O.O=C=O.O=C=O. The van der Waals surface area contributed by atoms with E-state index in [9.17, 15) is 9.59 Å². The van der Waals surface area contributed by atoms with E-state index < -0.39 is 105 Å². The van der Waals surface area contributed by atoms with E-state index in [0.29, 0.717) is 45.9 Å². The smallest absolute Gasteiger partial charge is 0.373 e. The van der Waals surface area contributed by atoms with E-state index in [-0.39, 0.29) is 179 Å². The monoisotopic (exact) mass is 2100 g/mol. The fraction of sp³-hybridized carbons (Fsp3) is 0.947. The Hall–Kier alpha value is -1.17. The highest BCUT2D eigenvalue weighted by Gasteiger charge is 2.45. The van der Waals surface area contributed by atoms with Crippen molar-refractivity contribution < 1.29 is 110 Å². The Balaban J connectivity index is -0.0000000375. The van der Waals surface area contributed by atoms with Crippen molar-refractivity contribution in [3.05, 3.63) is 0 Å². The Morgan fingerprint density at radius 1 is 0.267 bits per heavy atom. The zero-order valence-corrected chi connectivity index (χ0v) is 87.5. The minimum atomic E-state index is -2.48. The number of aliphatic carboxylic acids is 2. The zero-order valence-electron chi connectivity index (χ0n) is 76.5. The van der Waals surface area contributed by atoms with Crippen LogP contribution >= 0.6 is 0 Å². The first-order chi connectivity index (χ1) is 51.3. The molecule has 0 aliphatic rings. The van der Waals surface area contributed by atoms with Gasteiger partial charge < -0.3 is 82.7 Å². The van der Waals surface area contributed by atoms with Crippen LogP contribution in [0.4, 0.5) is 0 Å². The van der Waals surface area contributed by atoms with Gasteiger partial charge in [-0.05, 0) is 229 Å². The molecule has 0 fully saturated rings. The molecular formula is C94H252N2O24Si11. The number of rotatable bonds is 60. The Kier molecular flexibility index (Phi) is 192. The largest absolute Gasteiger partial charge is 0.481 e. The van der Waals surface area contributed by atoms with Crippen molar-refractivity contribution in [2.45, 2.75) is 492 Å². The topological polar surface area (TPSA) is 358 Å². The standard InChI is InChI=1S/C22H50O8Si3.C15H37NO2Si2.C13H30O4Si2.C11H28O2Si2.C10H27NO2Si2.3CO2.20CH4/c1-9-13-26-15-17-28-18-16-27-14-11-20-33(8,29-31(4,5)6)30-32(7,25-3)19-10-12-21(2)22(23)24;1-7-10-15(2)11-8-13-19(4,5)18-20(6,17-3)14-9-12-16;1-7-10-18(4,5)17-19(6,16-3)11-8-9-12(2)13(14)15;1-7-9-11-15(6,12-3)13-14(4,5)10-8-2;1-6-9-14(3,4)13-15(5,12-2)10-7-8-11;3*2-1-3;;;;;;;;;;;;;;;;;;;;/h21H,9-20H2,1-8H3,(H,23,24);15H,7-14,16H2,1-6H3;12H,7-11H2,1-6H3,(H,14,15);7-11H2,1-6H3;6-11H2,1-5H3;;;;20*1H4. The van der Waals surface area contributed by atoms with Gasteiger partial charge in [-0.2, -0.15) is 28.8 Å². The molecule has 0 heterocycles. The Morgan fingerprint density at radius 3 is 0.725 bits per heavy atom. The van der Waals surface area contributed by atoms with E-state index in [1.165, 1.54) is 69.5 Å². The number of carboxylic acid groups (broad SMARTS) is 2. The first-order valence-corrected chi connectivity index (χ1v) is 71.9. The summed E-state index contributed by atoms with van der Waals surface area (Å²) in [7, 11) is -12.1. The van der Waals surface area contributed by atoms with Crippen LogP contribution in [0.25, 0.3) is 0 Å². The summed E-state index contributed by atoms with van der Waals surface area (Å²) in [4.78, 5) is 70.7. The maximum atomic E-state index is 11.1. The molecule has 0 radical (unpaired) electrons. The van der Waals surface area contributed by atoms with E-state index in [1.807, 2.05) is 7.11 Å². The van der Waals surface area contributed by atoms with Crippen LogP contribution in [-0.4, -0.2) is 222 Å². The van der Waals surface area contributed by atoms with E-state index in [2.05, 4.69) is 160 Å². The van der Waals surface area contributed by atoms with Gasteiger partial charge in [0.05, 0.1) is 38.3 Å². The molecule has 0 spiro atoms. The molecule has 37 heteroatoms. The van der Waals surface area contributed by atoms with Crippen LogP contribution in [0.15, 0.2) is 0 Å². The van der Waals surface area contributed by atoms with Crippen molar-refractivity contribution >= 4 is 123 Å². The molecule has 0 saturated carbocycles. The highest BCUT2D eigenvalue weighted by Crippen LogP contribution is 2.32. The third-order valence-corrected chi connectivity index (χ3v) is 59.9. The third-order valence-electron chi connectivity index (χ3n) is 17.9. The minimum absolute atomic E-state index is 0. The van der Waals surface area contributed by atoms with Crippen LogP contribution in [0.1, 0.15) is 320 Å². The molecule has 6 N–H and O–H groups in total. The van der Waals surface area contributed by atoms with Crippen LogP contribution in [-0.2, 0) is 99.4 Å². The summed E-state index contributed by atoms with van der Waals surface area (Å²) < 4.78 is 84.1. The molecule has 0 rings (SSSR count). The Labute approximate surface area is 836 Å². The van der Waals surface area contributed by atoms with Gasteiger partial charge in [0, 0.05) is 48.8 Å². The number of carbonyl (C=O) groups is 2. The van der Waals surface area contributed by atoms with Crippen LogP contribution in [0, 0.1) is 17.8 Å². The van der Waals surface area contributed by atoms with Gasteiger partial charge in [-0.25, -0.2) is 0 Å². The van der Waals surface area contributed by atoms with Gasteiger partial charge in [-0.1, -0.05) is 281 Å². The van der Waals surface area contributed by atoms with Gasteiger partial charge in [0.1, 0.15) is 0 Å². The second-order valence-electron chi connectivity index (χ2n) is 33.0. The van der Waals surface area contributed by atoms with Crippen molar-refractivity contribution in [2.75, 3.05) is 88.3 Å². The molecule has 0 aliphatic carbocycles. The van der Waals surface area contributed by atoms with Crippen molar-refractivity contribution in [3.63, 3.8) is 0 Å². The summed E-state index contributed by atoms with van der Waals surface area (Å²) in [5.41, 5.74) is 11.2. The van der Waals surface area contributed by atoms with E-state index in [1.54, 1.807) is 42.3 Å². The summed E-state index contributed by atoms with van der Waals surface area (Å²) >= 11 is 0. The maximum absolute atomic E-state index is 11.1. The lowest BCUT2D eigenvalue weighted by atomic mass is 10.0. The molecule has 131 heavy (non-hydrogen) atoms. The fourth-order valence-corrected chi connectivity index (χ4v) is 57.4. The molecule has 9 atom stereocenters. The summed E-state index contributed by atoms with van der Waals surface area (Å²) in [5, 5.41) is 18.0. The molecule has 0 bridgehead atoms. The van der Waals surface area contributed by atoms with Gasteiger partial charge in [0.15, 0.2) is 41.6 Å². The molecule has 0 amide bonds. The first kappa shape index (κ1) is 208. The number of unbranched alkanes of at least 4 members (excludes halogenated alkanes) is 1. The van der Waals surface area contributed by atoms with E-state index in [4.69, 9.17) is 111 Å². The van der Waals surface area contributed by atoms with E-state index >= 15 is 0 Å². The van der Waals surface area contributed by atoms with Gasteiger partial charge in [-0.15, -0.1) is 0 Å². The third kappa shape index (κ3) is 137. The fourth-order valence-electron chi connectivity index (χ4n) is 12.3. The molecule has 9 unspecified atom stereocenters. The molecule has 0 aromatic carbocycles. The number of ether oxygens (including phenoxy) is 3. The number of carboxylic acids is 2. The minimum Gasteiger partial charge on any atom is -0.481 e. The van der Waals surface area contributed by atoms with Crippen molar-refractivity contribution in [1.29, 1.82) is 0 Å². The summed E-state index contributed by atoms with van der Waals surface area (Å²) in [6.07, 6.45) is 18.9. The lowest BCUT2D eigenvalue weighted by molar-refractivity contribution is -0.193. The number of nitrogens with two attached hydrogens (primary N) is 2. The van der Waals surface area contributed by atoms with Gasteiger partial charge in [-0.3, -0.25) is 9.59 Å². The Bertz CT molecular complexity index is 2260.